The molecule has 7 nitrogen and oxygen atoms in total. The van der Waals surface area contributed by atoms with Gasteiger partial charge in [0.05, 0.1) is 10.6 Å². The van der Waals surface area contributed by atoms with E-state index in [0.29, 0.717) is 22.8 Å². The number of unbranched alkanes of at least 4 members (excludes halogenated alkanes) is 1. The second-order valence-electron chi connectivity index (χ2n) is 11.1. The molecule has 0 aromatic heterocycles. The lowest BCUT2D eigenvalue weighted by Crippen LogP contribution is -2.53. The zero-order chi connectivity index (χ0) is 32.4. The lowest BCUT2D eigenvalue weighted by molar-refractivity contribution is -0.140. The maximum Gasteiger partial charge on any atom is 0.264 e. The van der Waals surface area contributed by atoms with Gasteiger partial charge in [-0.1, -0.05) is 103 Å². The summed E-state index contributed by atoms with van der Waals surface area (Å²) in [4.78, 5) is 29.9. The molecular weight excluding hydrogens is 606 g/mol. The zero-order valence-electron chi connectivity index (χ0n) is 25.9. The second kappa shape index (κ2) is 15.7. The van der Waals surface area contributed by atoms with E-state index >= 15 is 0 Å². The van der Waals surface area contributed by atoms with Crippen molar-refractivity contribution in [2.24, 2.45) is 0 Å². The molecule has 0 fully saturated rings. The highest BCUT2D eigenvalue weighted by Crippen LogP contribution is 2.28. The van der Waals surface area contributed by atoms with Crippen LogP contribution in [0.15, 0.2) is 108 Å². The third-order valence-corrected chi connectivity index (χ3v) is 9.62. The quantitative estimate of drug-likeness (QED) is 0.155. The summed E-state index contributed by atoms with van der Waals surface area (Å²) in [6.45, 7) is 5.85. The first-order chi connectivity index (χ1) is 21.6. The fourth-order valence-electron chi connectivity index (χ4n) is 5.16. The molecule has 0 saturated carbocycles. The second-order valence-corrected chi connectivity index (χ2v) is 13.4. The van der Waals surface area contributed by atoms with E-state index in [1.54, 1.807) is 48.5 Å². The van der Waals surface area contributed by atoms with Crippen molar-refractivity contribution >= 4 is 39.1 Å². The molecule has 1 atom stereocenters. The Bertz CT molecular complexity index is 1680. The van der Waals surface area contributed by atoms with Crippen LogP contribution in [0.3, 0.4) is 0 Å². The number of hydrogen-bond acceptors (Lipinski definition) is 4. The SMILES string of the molecule is CCCCNC(=O)C(Cc1ccccc1)N(Cc1ccc(Cl)cc1)C(=O)CN(c1ccc(C)cc1C)S(=O)(=O)c1ccccc1. The summed E-state index contributed by atoms with van der Waals surface area (Å²) < 4.78 is 29.5. The smallest absolute Gasteiger partial charge is 0.264 e. The number of nitrogens with zero attached hydrogens (tertiary/aromatic N) is 2. The first kappa shape index (κ1) is 33.7. The molecule has 4 rings (SSSR count). The van der Waals surface area contributed by atoms with Gasteiger partial charge in [0.1, 0.15) is 12.6 Å². The first-order valence-electron chi connectivity index (χ1n) is 15.1. The fourth-order valence-corrected chi connectivity index (χ4v) is 6.79. The molecule has 0 aliphatic rings. The lowest BCUT2D eigenvalue weighted by Gasteiger charge is -2.34. The van der Waals surface area contributed by atoms with Crippen molar-refractivity contribution in [1.82, 2.24) is 10.2 Å². The van der Waals surface area contributed by atoms with Crippen molar-refractivity contribution in [3.8, 4) is 0 Å². The van der Waals surface area contributed by atoms with Crippen molar-refractivity contribution in [1.29, 1.82) is 0 Å². The van der Waals surface area contributed by atoms with Crippen LogP contribution in [0.1, 0.15) is 42.0 Å². The van der Waals surface area contributed by atoms with Gasteiger partial charge in [-0.3, -0.25) is 13.9 Å². The van der Waals surface area contributed by atoms with Crippen LogP contribution in [0.4, 0.5) is 5.69 Å². The monoisotopic (exact) mass is 645 g/mol. The molecule has 2 amide bonds. The molecule has 4 aromatic carbocycles. The highest BCUT2D eigenvalue weighted by molar-refractivity contribution is 7.92. The molecular formula is C36H40ClN3O4S. The minimum atomic E-state index is -4.15. The Labute approximate surface area is 271 Å². The standard InChI is InChI=1S/C36H40ClN3O4S/c1-4-5-22-38-36(42)34(24-29-12-8-6-9-13-29)39(25-30-17-19-31(37)20-18-30)35(41)26-40(33-21-16-27(2)23-28(33)3)45(43,44)32-14-10-7-11-15-32/h6-21,23,34H,4-5,22,24-26H2,1-3H3,(H,38,42). The number of halogens is 1. The van der Waals surface area contributed by atoms with Crippen molar-refractivity contribution in [3.05, 3.63) is 130 Å². The number of carbonyl (C=O) groups is 2. The normalized spacial score (nSPS) is 11.9. The third kappa shape index (κ3) is 8.96. The number of aryl methyl sites for hydroxylation is 2. The Morgan fingerprint density at radius 2 is 1.49 bits per heavy atom. The average Bonchev–Trinajstić information content (AvgIpc) is 3.03. The van der Waals surface area contributed by atoms with Gasteiger partial charge in [-0.2, -0.15) is 0 Å². The van der Waals surface area contributed by atoms with Crippen molar-refractivity contribution in [2.75, 3.05) is 17.4 Å². The van der Waals surface area contributed by atoms with Gasteiger partial charge in [0.2, 0.25) is 11.8 Å². The molecule has 0 spiro atoms. The Hall–Kier alpha value is -4.14. The van der Waals surface area contributed by atoms with E-state index in [4.69, 9.17) is 11.6 Å². The van der Waals surface area contributed by atoms with Crippen molar-refractivity contribution < 1.29 is 18.0 Å². The molecule has 236 valence electrons. The molecule has 1 unspecified atom stereocenters. The maximum atomic E-state index is 14.5. The molecule has 0 radical (unpaired) electrons. The molecule has 0 bridgehead atoms. The van der Waals surface area contributed by atoms with Crippen molar-refractivity contribution in [3.63, 3.8) is 0 Å². The number of amides is 2. The van der Waals surface area contributed by atoms with Gasteiger partial charge in [0.25, 0.3) is 10.0 Å². The van der Waals surface area contributed by atoms with Gasteiger partial charge < -0.3 is 10.2 Å². The minimum Gasteiger partial charge on any atom is -0.354 e. The number of sulfonamides is 1. The maximum absolute atomic E-state index is 14.5. The van der Waals surface area contributed by atoms with Gasteiger partial charge in [-0.05, 0) is 67.3 Å². The van der Waals surface area contributed by atoms with Crippen LogP contribution in [0.2, 0.25) is 5.02 Å². The van der Waals surface area contributed by atoms with Crippen LogP contribution in [-0.2, 0) is 32.6 Å². The zero-order valence-corrected chi connectivity index (χ0v) is 27.5. The van der Waals surface area contributed by atoms with Gasteiger partial charge in [-0.15, -0.1) is 0 Å². The van der Waals surface area contributed by atoms with E-state index in [-0.39, 0.29) is 23.8 Å². The van der Waals surface area contributed by atoms with Crippen LogP contribution in [0, 0.1) is 13.8 Å². The van der Waals surface area contributed by atoms with E-state index in [1.807, 2.05) is 63.2 Å². The lowest BCUT2D eigenvalue weighted by atomic mass is 10.0. The van der Waals surface area contributed by atoms with Gasteiger partial charge in [-0.25, -0.2) is 8.42 Å². The average molecular weight is 646 g/mol. The molecule has 0 heterocycles. The fraction of sp³-hybridized carbons (Fsp3) is 0.278. The molecule has 9 heteroatoms. The van der Waals surface area contributed by atoms with Crippen molar-refractivity contribution in [2.45, 2.75) is 57.5 Å². The van der Waals surface area contributed by atoms with Crippen LogP contribution in [0.5, 0.6) is 0 Å². The Balaban J connectivity index is 1.80. The third-order valence-electron chi connectivity index (χ3n) is 7.60. The summed E-state index contributed by atoms with van der Waals surface area (Å²) in [5.41, 5.74) is 3.72. The van der Waals surface area contributed by atoms with Crippen LogP contribution >= 0.6 is 11.6 Å². The number of anilines is 1. The van der Waals surface area contributed by atoms with E-state index in [9.17, 15) is 18.0 Å². The summed E-state index contributed by atoms with van der Waals surface area (Å²) in [7, 11) is -4.15. The molecule has 0 aliphatic heterocycles. The number of hydrogen-bond donors (Lipinski definition) is 1. The minimum absolute atomic E-state index is 0.0696. The number of rotatable bonds is 14. The summed E-state index contributed by atoms with van der Waals surface area (Å²) in [6, 6.07) is 29.2. The van der Waals surface area contributed by atoms with E-state index < -0.39 is 28.5 Å². The number of benzene rings is 4. The Kier molecular flexibility index (Phi) is 11.8. The van der Waals surface area contributed by atoms with Gasteiger partial charge in [0.15, 0.2) is 0 Å². The van der Waals surface area contributed by atoms with E-state index in [0.717, 1.165) is 33.8 Å². The molecule has 0 aliphatic carbocycles. The molecule has 45 heavy (non-hydrogen) atoms. The largest absolute Gasteiger partial charge is 0.354 e. The Morgan fingerprint density at radius 3 is 2.11 bits per heavy atom. The highest BCUT2D eigenvalue weighted by atomic mass is 35.5. The van der Waals surface area contributed by atoms with Crippen LogP contribution in [0.25, 0.3) is 0 Å². The van der Waals surface area contributed by atoms with E-state index in [2.05, 4.69) is 5.32 Å². The Morgan fingerprint density at radius 1 is 0.844 bits per heavy atom. The molecule has 0 saturated heterocycles. The highest BCUT2D eigenvalue weighted by Gasteiger charge is 2.35. The predicted octanol–water partition coefficient (Wildman–Crippen LogP) is 6.71. The summed E-state index contributed by atoms with van der Waals surface area (Å²) >= 11 is 6.15. The summed E-state index contributed by atoms with van der Waals surface area (Å²) in [5, 5.41) is 3.55. The van der Waals surface area contributed by atoms with Gasteiger partial charge >= 0.3 is 0 Å². The molecule has 1 N–H and O–H groups in total. The summed E-state index contributed by atoms with van der Waals surface area (Å²) in [5.74, 6) is -0.797. The number of carbonyl (C=O) groups excluding carboxylic acids is 2. The van der Waals surface area contributed by atoms with Crippen LogP contribution < -0.4 is 9.62 Å². The predicted molar refractivity (Wildman–Crippen MR) is 181 cm³/mol. The molecule has 4 aromatic rings. The van der Waals surface area contributed by atoms with Crippen LogP contribution in [-0.4, -0.2) is 44.3 Å². The number of nitrogens with one attached hydrogen (secondary N) is 1. The van der Waals surface area contributed by atoms with Gasteiger partial charge in [0, 0.05) is 24.5 Å². The summed E-state index contributed by atoms with van der Waals surface area (Å²) in [6.07, 6.45) is 1.96. The van der Waals surface area contributed by atoms with E-state index in [1.165, 1.54) is 17.0 Å². The topological polar surface area (TPSA) is 86.8 Å². The first-order valence-corrected chi connectivity index (χ1v) is 16.9.